The van der Waals surface area contributed by atoms with Crippen molar-refractivity contribution in [3.63, 3.8) is 0 Å². The normalized spacial score (nSPS) is 13.8. The zero-order chi connectivity index (χ0) is 13.8. The molecule has 0 fully saturated rings. The van der Waals surface area contributed by atoms with Crippen molar-refractivity contribution < 1.29 is 18.7 Å². The number of benzene rings is 1. The van der Waals surface area contributed by atoms with Crippen LogP contribution in [0.15, 0.2) is 18.2 Å². The summed E-state index contributed by atoms with van der Waals surface area (Å²) in [5, 5.41) is 0. The summed E-state index contributed by atoms with van der Waals surface area (Å²) in [5.74, 6) is -0.939. The number of ether oxygens (including phenoxy) is 2. The monoisotopic (exact) mass is 255 g/mol. The van der Waals surface area contributed by atoms with Crippen LogP contribution in [0.2, 0.25) is 0 Å². The summed E-state index contributed by atoms with van der Waals surface area (Å²) in [7, 11) is 0. The maximum Gasteiger partial charge on any atom is 0.329 e. The molecule has 0 aliphatic rings. The molecule has 4 nitrogen and oxygen atoms in total. The van der Waals surface area contributed by atoms with Crippen molar-refractivity contribution >= 4 is 5.97 Å². The second-order valence-electron chi connectivity index (χ2n) is 4.31. The van der Waals surface area contributed by atoms with Gasteiger partial charge >= 0.3 is 5.97 Å². The molecule has 0 saturated carbocycles. The third kappa shape index (κ3) is 3.43. The van der Waals surface area contributed by atoms with Crippen LogP contribution in [0.4, 0.5) is 4.39 Å². The molecule has 2 N–H and O–H groups in total. The van der Waals surface area contributed by atoms with Crippen LogP contribution in [-0.4, -0.2) is 24.7 Å². The molecule has 0 bridgehead atoms. The predicted octanol–water partition coefficient (Wildman–Crippen LogP) is 1.79. The second-order valence-corrected chi connectivity index (χ2v) is 4.31. The number of esters is 1. The van der Waals surface area contributed by atoms with E-state index in [9.17, 15) is 9.18 Å². The number of hydrogen-bond donors (Lipinski definition) is 1. The number of halogens is 1. The van der Waals surface area contributed by atoms with Gasteiger partial charge in [-0.25, -0.2) is 9.18 Å². The van der Waals surface area contributed by atoms with E-state index in [1.54, 1.807) is 26.0 Å². The third-order valence-corrected chi connectivity index (χ3v) is 2.43. The zero-order valence-corrected chi connectivity index (χ0v) is 10.8. The van der Waals surface area contributed by atoms with Gasteiger partial charge < -0.3 is 15.2 Å². The van der Waals surface area contributed by atoms with E-state index in [0.717, 1.165) is 0 Å². The molecule has 0 aromatic heterocycles. The Labute approximate surface area is 106 Å². The van der Waals surface area contributed by atoms with E-state index in [-0.39, 0.29) is 19.0 Å². The van der Waals surface area contributed by atoms with E-state index in [4.69, 9.17) is 15.2 Å². The molecule has 0 spiro atoms. The molecule has 0 amide bonds. The van der Waals surface area contributed by atoms with E-state index in [2.05, 4.69) is 0 Å². The quantitative estimate of drug-likeness (QED) is 0.815. The van der Waals surface area contributed by atoms with E-state index < -0.39 is 17.3 Å². The van der Waals surface area contributed by atoms with Gasteiger partial charge in [0, 0.05) is 0 Å². The summed E-state index contributed by atoms with van der Waals surface area (Å²) in [5.41, 5.74) is 4.94. The second kappa shape index (κ2) is 5.82. The Balaban J connectivity index is 2.70. The Morgan fingerprint density at radius 3 is 2.78 bits per heavy atom. The topological polar surface area (TPSA) is 61.5 Å². The van der Waals surface area contributed by atoms with Gasteiger partial charge in [-0.3, -0.25) is 0 Å². The molecule has 1 atom stereocenters. The van der Waals surface area contributed by atoms with Crippen molar-refractivity contribution in [3.8, 4) is 5.75 Å². The Kier molecular flexibility index (Phi) is 4.67. The molecule has 0 aliphatic heterocycles. The number of nitrogens with two attached hydrogens (primary N) is 1. The molecule has 1 aromatic rings. The summed E-state index contributed by atoms with van der Waals surface area (Å²) in [6.45, 7) is 4.90. The largest absolute Gasteiger partial charge is 0.488 e. The van der Waals surface area contributed by atoms with Crippen LogP contribution in [0.5, 0.6) is 5.75 Å². The fourth-order valence-corrected chi connectivity index (χ4v) is 1.31. The lowest BCUT2D eigenvalue weighted by Crippen LogP contribution is -2.51. The maximum atomic E-state index is 13.6. The van der Waals surface area contributed by atoms with Gasteiger partial charge in [-0.05, 0) is 32.4 Å². The summed E-state index contributed by atoms with van der Waals surface area (Å²) in [6, 6.07) is 4.80. The van der Waals surface area contributed by atoms with Crippen LogP contribution in [0, 0.1) is 12.7 Å². The van der Waals surface area contributed by atoms with Gasteiger partial charge in [-0.1, -0.05) is 12.1 Å². The number of carbonyl (C=O) groups is 1. The van der Waals surface area contributed by atoms with Crippen LogP contribution in [-0.2, 0) is 9.53 Å². The molecular formula is C13H18FNO3. The fourth-order valence-electron chi connectivity index (χ4n) is 1.31. The molecule has 1 unspecified atom stereocenters. The van der Waals surface area contributed by atoms with Crippen molar-refractivity contribution in [2.24, 2.45) is 5.73 Å². The zero-order valence-electron chi connectivity index (χ0n) is 10.8. The third-order valence-electron chi connectivity index (χ3n) is 2.43. The summed E-state index contributed by atoms with van der Waals surface area (Å²) < 4.78 is 23.7. The minimum absolute atomic E-state index is 0.0796. The van der Waals surface area contributed by atoms with Crippen LogP contribution in [0.3, 0.4) is 0 Å². The molecule has 100 valence electrons. The van der Waals surface area contributed by atoms with Crippen molar-refractivity contribution in [3.05, 3.63) is 29.6 Å². The van der Waals surface area contributed by atoms with Gasteiger partial charge in [-0.15, -0.1) is 0 Å². The average molecular weight is 255 g/mol. The lowest BCUT2D eigenvalue weighted by Gasteiger charge is -2.22. The number of aryl methyl sites for hydroxylation is 1. The minimum atomic E-state index is -1.30. The van der Waals surface area contributed by atoms with Gasteiger partial charge in [0.05, 0.1) is 6.61 Å². The lowest BCUT2D eigenvalue weighted by atomic mass is 10.1. The number of rotatable bonds is 5. The standard InChI is InChI=1S/C13H18FNO3/c1-4-17-12(16)13(3,15)8-18-10-7-5-6-9(2)11(10)14/h5-7H,4,8,15H2,1-3H3. The summed E-state index contributed by atoms with van der Waals surface area (Å²) >= 11 is 0. The van der Waals surface area contributed by atoms with Gasteiger partial charge in [0.2, 0.25) is 0 Å². The average Bonchev–Trinajstić information content (AvgIpc) is 2.31. The molecule has 1 rings (SSSR count). The lowest BCUT2D eigenvalue weighted by molar-refractivity contribution is -0.150. The first-order valence-electron chi connectivity index (χ1n) is 5.72. The Bertz CT molecular complexity index is 432. The predicted molar refractivity (Wildman–Crippen MR) is 65.9 cm³/mol. The Hall–Kier alpha value is -1.62. The van der Waals surface area contributed by atoms with Crippen LogP contribution in [0.25, 0.3) is 0 Å². The van der Waals surface area contributed by atoms with Gasteiger partial charge in [-0.2, -0.15) is 0 Å². The van der Waals surface area contributed by atoms with E-state index in [1.807, 2.05) is 0 Å². The number of hydrogen-bond acceptors (Lipinski definition) is 4. The highest BCUT2D eigenvalue weighted by atomic mass is 19.1. The first-order valence-corrected chi connectivity index (χ1v) is 5.72. The molecule has 0 radical (unpaired) electrons. The molecular weight excluding hydrogens is 237 g/mol. The van der Waals surface area contributed by atoms with Crippen molar-refractivity contribution in [2.45, 2.75) is 26.3 Å². The van der Waals surface area contributed by atoms with Crippen LogP contribution >= 0.6 is 0 Å². The molecule has 1 aromatic carbocycles. The van der Waals surface area contributed by atoms with Crippen LogP contribution < -0.4 is 10.5 Å². The molecule has 0 saturated heterocycles. The van der Waals surface area contributed by atoms with E-state index in [0.29, 0.717) is 5.56 Å². The van der Waals surface area contributed by atoms with Crippen molar-refractivity contribution in [1.82, 2.24) is 0 Å². The van der Waals surface area contributed by atoms with E-state index in [1.165, 1.54) is 13.0 Å². The van der Waals surface area contributed by atoms with Gasteiger partial charge in [0.25, 0.3) is 0 Å². The van der Waals surface area contributed by atoms with Gasteiger partial charge in [0.15, 0.2) is 11.6 Å². The summed E-state index contributed by atoms with van der Waals surface area (Å²) in [4.78, 5) is 11.5. The summed E-state index contributed by atoms with van der Waals surface area (Å²) in [6.07, 6.45) is 0. The van der Waals surface area contributed by atoms with Gasteiger partial charge in [0.1, 0.15) is 12.1 Å². The molecule has 0 aliphatic carbocycles. The highest BCUT2D eigenvalue weighted by Gasteiger charge is 2.31. The van der Waals surface area contributed by atoms with E-state index >= 15 is 0 Å². The van der Waals surface area contributed by atoms with Crippen molar-refractivity contribution in [1.29, 1.82) is 0 Å². The minimum Gasteiger partial charge on any atom is -0.488 e. The number of carbonyl (C=O) groups excluding carboxylic acids is 1. The molecule has 0 heterocycles. The highest BCUT2D eigenvalue weighted by molar-refractivity contribution is 5.80. The first-order chi connectivity index (χ1) is 8.38. The fraction of sp³-hybridized carbons (Fsp3) is 0.462. The molecule has 5 heteroatoms. The molecule has 18 heavy (non-hydrogen) atoms. The smallest absolute Gasteiger partial charge is 0.329 e. The SMILES string of the molecule is CCOC(=O)C(C)(N)COc1cccc(C)c1F. The Morgan fingerprint density at radius 1 is 1.50 bits per heavy atom. The maximum absolute atomic E-state index is 13.6. The highest BCUT2D eigenvalue weighted by Crippen LogP contribution is 2.20. The van der Waals surface area contributed by atoms with Crippen molar-refractivity contribution in [2.75, 3.05) is 13.2 Å². The Morgan fingerprint density at radius 2 is 2.17 bits per heavy atom. The van der Waals surface area contributed by atoms with Crippen LogP contribution in [0.1, 0.15) is 19.4 Å². The first kappa shape index (κ1) is 14.4.